The maximum atomic E-state index is 3.60. The van der Waals surface area contributed by atoms with E-state index in [1.54, 1.807) is 0 Å². The first-order valence-electron chi connectivity index (χ1n) is 8.27. The van der Waals surface area contributed by atoms with Gasteiger partial charge in [0.25, 0.3) is 0 Å². The number of hydrogen-bond acceptors (Lipinski definition) is 3. The summed E-state index contributed by atoms with van der Waals surface area (Å²) in [4.78, 5) is 0. The summed E-state index contributed by atoms with van der Waals surface area (Å²) in [6.45, 7) is 0. The van der Waals surface area contributed by atoms with Crippen LogP contribution in [0.4, 0.5) is 0 Å². The second-order valence-electron chi connectivity index (χ2n) is 5.89. The van der Waals surface area contributed by atoms with E-state index in [1.165, 1.54) is 68.4 Å². The highest BCUT2D eigenvalue weighted by Crippen LogP contribution is 2.34. The molecule has 0 aliphatic heterocycles. The Morgan fingerprint density at radius 2 is 1.65 bits per heavy atom. The Labute approximate surface area is 132 Å². The molecule has 1 aromatic rings. The molecule has 2 rings (SSSR count). The van der Waals surface area contributed by atoms with Crippen molar-refractivity contribution in [2.45, 2.75) is 79.7 Å². The minimum atomic E-state index is 0.682. The molecular weight excluding hydrogens is 282 g/mol. The second-order valence-corrected chi connectivity index (χ2v) is 8.38. The first-order chi connectivity index (χ1) is 9.90. The maximum Gasteiger partial charge on any atom is 0.0601 e. The summed E-state index contributed by atoms with van der Waals surface area (Å²) >= 11 is 4.00. The van der Waals surface area contributed by atoms with Crippen molar-refractivity contribution >= 4 is 23.1 Å². The van der Waals surface area contributed by atoms with Crippen LogP contribution in [0.3, 0.4) is 0 Å². The van der Waals surface area contributed by atoms with Crippen molar-refractivity contribution in [3.63, 3.8) is 0 Å². The zero-order valence-electron chi connectivity index (χ0n) is 12.8. The monoisotopic (exact) mass is 311 g/mol. The molecule has 1 heterocycles. The van der Waals surface area contributed by atoms with Gasteiger partial charge in [0.05, 0.1) is 4.21 Å². The lowest BCUT2D eigenvalue weighted by atomic mass is 9.97. The van der Waals surface area contributed by atoms with E-state index in [0.29, 0.717) is 6.04 Å². The molecule has 0 amide bonds. The van der Waals surface area contributed by atoms with E-state index >= 15 is 0 Å². The summed E-state index contributed by atoms with van der Waals surface area (Å²) in [6.07, 6.45) is 14.2. The predicted octanol–water partition coefficient (Wildman–Crippen LogP) is 5.71. The quantitative estimate of drug-likeness (QED) is 0.767. The Morgan fingerprint density at radius 1 is 1.00 bits per heavy atom. The van der Waals surface area contributed by atoms with Crippen molar-refractivity contribution in [3.05, 3.63) is 17.5 Å². The van der Waals surface area contributed by atoms with Crippen LogP contribution >= 0.6 is 23.1 Å². The molecular formula is C17H29NS2. The van der Waals surface area contributed by atoms with Crippen molar-refractivity contribution in [3.8, 4) is 0 Å². The third kappa shape index (κ3) is 5.79. The first-order valence-corrected chi connectivity index (χ1v) is 10.0. The molecule has 20 heavy (non-hydrogen) atoms. The van der Waals surface area contributed by atoms with Gasteiger partial charge in [-0.1, -0.05) is 57.4 Å². The molecule has 2 atom stereocenters. The molecule has 0 spiro atoms. The van der Waals surface area contributed by atoms with Crippen LogP contribution in [0.25, 0.3) is 0 Å². The molecule has 1 aliphatic rings. The molecule has 0 aromatic carbocycles. The zero-order valence-corrected chi connectivity index (χ0v) is 14.4. The van der Waals surface area contributed by atoms with Crippen molar-refractivity contribution in [2.24, 2.45) is 0 Å². The number of thioether (sulfide) groups is 1. The summed E-state index contributed by atoms with van der Waals surface area (Å²) in [7, 11) is 2.15. The predicted molar refractivity (Wildman–Crippen MR) is 93.0 cm³/mol. The SMILES string of the molecule is CNC1CCCCCCCCCCC1Sc1cccs1. The Hall–Kier alpha value is 0.01000. The molecule has 0 bridgehead atoms. The third-order valence-electron chi connectivity index (χ3n) is 4.34. The molecule has 0 saturated heterocycles. The van der Waals surface area contributed by atoms with E-state index in [2.05, 4.69) is 41.6 Å². The fourth-order valence-electron chi connectivity index (χ4n) is 3.11. The number of thiophene rings is 1. The molecule has 3 heteroatoms. The van der Waals surface area contributed by atoms with E-state index in [1.807, 2.05) is 11.3 Å². The summed E-state index contributed by atoms with van der Waals surface area (Å²) in [5.74, 6) is 0. The van der Waals surface area contributed by atoms with Gasteiger partial charge in [0, 0.05) is 11.3 Å². The summed E-state index contributed by atoms with van der Waals surface area (Å²) < 4.78 is 1.49. The van der Waals surface area contributed by atoms with E-state index in [-0.39, 0.29) is 0 Å². The van der Waals surface area contributed by atoms with Gasteiger partial charge in [0.1, 0.15) is 0 Å². The highest BCUT2D eigenvalue weighted by atomic mass is 32.2. The number of rotatable bonds is 3. The lowest BCUT2D eigenvalue weighted by molar-refractivity contribution is 0.434. The second kappa shape index (κ2) is 9.86. The lowest BCUT2D eigenvalue weighted by Gasteiger charge is -2.26. The number of hydrogen-bond donors (Lipinski definition) is 1. The van der Waals surface area contributed by atoms with Gasteiger partial charge in [-0.25, -0.2) is 0 Å². The Morgan fingerprint density at radius 3 is 2.25 bits per heavy atom. The van der Waals surface area contributed by atoms with E-state index in [4.69, 9.17) is 0 Å². The minimum Gasteiger partial charge on any atom is -0.316 e. The lowest BCUT2D eigenvalue weighted by Crippen LogP contribution is -2.35. The summed E-state index contributed by atoms with van der Waals surface area (Å²) in [6, 6.07) is 5.14. The van der Waals surface area contributed by atoms with Gasteiger partial charge in [-0.3, -0.25) is 0 Å². The van der Waals surface area contributed by atoms with E-state index < -0.39 is 0 Å². The van der Waals surface area contributed by atoms with E-state index in [9.17, 15) is 0 Å². The standard InChI is InChI=1S/C17H29NS2/c1-18-15-11-8-6-4-2-3-5-7-9-12-16(15)20-17-13-10-14-19-17/h10,13-16,18H,2-9,11-12H2,1H3. The highest BCUT2D eigenvalue weighted by Gasteiger charge is 2.21. The van der Waals surface area contributed by atoms with Gasteiger partial charge < -0.3 is 5.32 Å². The van der Waals surface area contributed by atoms with Crippen LogP contribution < -0.4 is 5.32 Å². The molecule has 1 fully saturated rings. The van der Waals surface area contributed by atoms with Gasteiger partial charge in [-0.15, -0.1) is 23.1 Å². The summed E-state index contributed by atoms with van der Waals surface area (Å²) in [5, 5.41) is 6.55. The van der Waals surface area contributed by atoms with Crippen molar-refractivity contribution in [1.82, 2.24) is 5.32 Å². The van der Waals surface area contributed by atoms with Crippen LogP contribution in [0.15, 0.2) is 21.7 Å². The van der Waals surface area contributed by atoms with Gasteiger partial charge in [-0.05, 0) is 31.3 Å². The van der Waals surface area contributed by atoms with Gasteiger partial charge in [0.2, 0.25) is 0 Å². The Bertz CT molecular complexity index is 337. The fourth-order valence-corrected chi connectivity index (χ4v) is 5.49. The molecule has 1 saturated carbocycles. The largest absolute Gasteiger partial charge is 0.316 e. The normalized spacial score (nSPS) is 26.6. The minimum absolute atomic E-state index is 0.682. The average molecular weight is 312 g/mol. The molecule has 1 N–H and O–H groups in total. The van der Waals surface area contributed by atoms with Gasteiger partial charge >= 0.3 is 0 Å². The van der Waals surface area contributed by atoms with Gasteiger partial charge in [0.15, 0.2) is 0 Å². The maximum absolute atomic E-state index is 3.60. The fraction of sp³-hybridized carbons (Fsp3) is 0.765. The van der Waals surface area contributed by atoms with Crippen LogP contribution in [0.1, 0.15) is 64.2 Å². The molecule has 0 radical (unpaired) electrons. The topological polar surface area (TPSA) is 12.0 Å². The van der Waals surface area contributed by atoms with Crippen LogP contribution in [-0.4, -0.2) is 18.3 Å². The van der Waals surface area contributed by atoms with Crippen LogP contribution in [0, 0.1) is 0 Å². The summed E-state index contributed by atoms with van der Waals surface area (Å²) in [5.41, 5.74) is 0. The molecule has 1 nitrogen and oxygen atoms in total. The van der Waals surface area contributed by atoms with Gasteiger partial charge in [-0.2, -0.15) is 0 Å². The highest BCUT2D eigenvalue weighted by molar-refractivity contribution is 8.01. The van der Waals surface area contributed by atoms with Crippen molar-refractivity contribution < 1.29 is 0 Å². The molecule has 1 aliphatic carbocycles. The van der Waals surface area contributed by atoms with Crippen LogP contribution in [-0.2, 0) is 0 Å². The van der Waals surface area contributed by atoms with Crippen molar-refractivity contribution in [1.29, 1.82) is 0 Å². The zero-order chi connectivity index (χ0) is 14.0. The van der Waals surface area contributed by atoms with Crippen LogP contribution in [0.2, 0.25) is 0 Å². The van der Waals surface area contributed by atoms with Crippen LogP contribution in [0.5, 0.6) is 0 Å². The van der Waals surface area contributed by atoms with E-state index in [0.717, 1.165) is 5.25 Å². The molecule has 2 unspecified atom stereocenters. The Kier molecular flexibility index (Phi) is 8.07. The van der Waals surface area contributed by atoms with Crippen molar-refractivity contribution in [2.75, 3.05) is 7.05 Å². The Balaban J connectivity index is 1.93. The third-order valence-corrected chi connectivity index (χ3v) is 6.81. The average Bonchev–Trinajstić information content (AvgIpc) is 2.95. The molecule has 114 valence electrons. The first kappa shape index (κ1) is 16.4. The molecule has 1 aromatic heterocycles. The smallest absolute Gasteiger partial charge is 0.0601 e. The number of nitrogens with one attached hydrogen (secondary N) is 1.